The summed E-state index contributed by atoms with van der Waals surface area (Å²) >= 11 is 0. The Morgan fingerprint density at radius 1 is 0.938 bits per heavy atom. The Morgan fingerprint density at radius 2 is 1.31 bits per heavy atom. The lowest BCUT2D eigenvalue weighted by molar-refractivity contribution is -0.126. The van der Waals surface area contributed by atoms with Gasteiger partial charge in [-0.25, -0.2) is 10.9 Å². The van der Waals surface area contributed by atoms with Crippen molar-refractivity contribution in [3.05, 3.63) is 0 Å². The molecule has 2 N–H and O–H groups in total. The number of nitrogens with zero attached hydrogens (tertiary/aromatic N) is 2. The molecule has 0 radical (unpaired) electrons. The first kappa shape index (κ1) is 14.3. The molecule has 0 spiro atoms. The van der Waals surface area contributed by atoms with Gasteiger partial charge in [-0.3, -0.25) is 9.59 Å². The van der Waals surface area contributed by atoms with Gasteiger partial charge in [0.15, 0.2) is 0 Å². The minimum absolute atomic E-state index is 0.106. The molecular formula is C10H18N4O2. The van der Waals surface area contributed by atoms with Crippen molar-refractivity contribution in [2.45, 2.75) is 39.5 Å². The average molecular weight is 226 g/mol. The predicted octanol–water partition coefficient (Wildman–Crippen LogP) is 0.791. The number of hydrazone groups is 2. The zero-order valence-corrected chi connectivity index (χ0v) is 9.69. The third kappa shape index (κ3) is 8.86. The normalized spacial score (nSPS) is 10.9. The summed E-state index contributed by atoms with van der Waals surface area (Å²) < 4.78 is 0. The van der Waals surface area contributed by atoms with Gasteiger partial charge in [0.2, 0.25) is 11.8 Å². The first-order valence-electron chi connectivity index (χ1n) is 5.31. The van der Waals surface area contributed by atoms with Crippen LogP contribution in [0, 0.1) is 0 Å². The second-order valence-corrected chi connectivity index (χ2v) is 3.01. The number of rotatable bonds is 7. The second kappa shape index (κ2) is 9.82. The van der Waals surface area contributed by atoms with E-state index in [1.54, 1.807) is 12.4 Å². The van der Waals surface area contributed by atoms with E-state index in [-0.39, 0.29) is 24.7 Å². The minimum Gasteiger partial charge on any atom is -0.273 e. The van der Waals surface area contributed by atoms with Crippen molar-refractivity contribution in [1.82, 2.24) is 10.9 Å². The summed E-state index contributed by atoms with van der Waals surface area (Å²) in [6.45, 7) is 3.82. The number of carbonyl (C=O) groups is 2. The van der Waals surface area contributed by atoms with Gasteiger partial charge < -0.3 is 0 Å². The Kier molecular flexibility index (Phi) is 8.76. The highest BCUT2D eigenvalue weighted by Gasteiger charge is 2.04. The Morgan fingerprint density at radius 3 is 1.62 bits per heavy atom. The fourth-order valence-corrected chi connectivity index (χ4v) is 0.757. The molecule has 0 bridgehead atoms. The molecule has 0 heterocycles. The molecule has 0 aromatic carbocycles. The lowest BCUT2D eigenvalue weighted by atomic mass is 10.3. The van der Waals surface area contributed by atoms with E-state index < -0.39 is 0 Å². The first-order valence-corrected chi connectivity index (χ1v) is 5.31. The third-order valence-corrected chi connectivity index (χ3v) is 1.51. The van der Waals surface area contributed by atoms with E-state index in [1.807, 2.05) is 13.8 Å². The molecule has 0 unspecified atom stereocenters. The fraction of sp³-hybridized carbons (Fsp3) is 0.600. The van der Waals surface area contributed by atoms with Crippen molar-refractivity contribution in [2.75, 3.05) is 0 Å². The van der Waals surface area contributed by atoms with E-state index in [0.29, 0.717) is 0 Å². The van der Waals surface area contributed by atoms with E-state index in [9.17, 15) is 9.59 Å². The maximum Gasteiger partial charge on any atom is 0.240 e. The van der Waals surface area contributed by atoms with E-state index >= 15 is 0 Å². The van der Waals surface area contributed by atoms with Crippen molar-refractivity contribution in [3.8, 4) is 0 Å². The maximum absolute atomic E-state index is 11.1. The van der Waals surface area contributed by atoms with Crippen LogP contribution in [0.1, 0.15) is 39.5 Å². The summed E-state index contributed by atoms with van der Waals surface area (Å²) in [5.74, 6) is -0.557. The third-order valence-electron chi connectivity index (χ3n) is 1.51. The van der Waals surface area contributed by atoms with Crippen LogP contribution in [-0.2, 0) is 9.59 Å². The molecule has 0 aliphatic rings. The van der Waals surface area contributed by atoms with Gasteiger partial charge in [-0.15, -0.1) is 0 Å². The standard InChI is InChI=1S/C10H18N4O2/c1-3-7-11-13-9(15)5-6-10(16)14-12-8-4-2/h7-8H,3-6H2,1-2H3,(H,13,15)(H,14,16). The Bertz CT molecular complexity index is 246. The fourth-order valence-electron chi connectivity index (χ4n) is 0.757. The van der Waals surface area contributed by atoms with Gasteiger partial charge in [0.25, 0.3) is 0 Å². The van der Waals surface area contributed by atoms with Crippen molar-refractivity contribution >= 4 is 24.2 Å². The molecule has 6 nitrogen and oxygen atoms in total. The number of carbonyl (C=O) groups excluding carboxylic acids is 2. The number of nitrogens with one attached hydrogen (secondary N) is 2. The number of hydrogen-bond donors (Lipinski definition) is 2. The Balaban J connectivity index is 3.62. The molecule has 0 atom stereocenters. The number of amides is 2. The van der Waals surface area contributed by atoms with Crippen LogP contribution in [-0.4, -0.2) is 24.2 Å². The van der Waals surface area contributed by atoms with Gasteiger partial charge in [-0.2, -0.15) is 10.2 Å². The molecule has 16 heavy (non-hydrogen) atoms. The molecular weight excluding hydrogens is 208 g/mol. The Labute approximate surface area is 95.2 Å². The van der Waals surface area contributed by atoms with Crippen LogP contribution in [0.25, 0.3) is 0 Å². The van der Waals surface area contributed by atoms with Crippen molar-refractivity contribution in [3.63, 3.8) is 0 Å². The minimum atomic E-state index is -0.278. The Hall–Kier alpha value is -1.72. The van der Waals surface area contributed by atoms with Gasteiger partial charge in [0.1, 0.15) is 0 Å². The molecule has 6 heteroatoms. The maximum atomic E-state index is 11.1. The smallest absolute Gasteiger partial charge is 0.240 e. The molecule has 2 amide bonds. The topological polar surface area (TPSA) is 82.9 Å². The van der Waals surface area contributed by atoms with Crippen LogP contribution in [0.5, 0.6) is 0 Å². The summed E-state index contributed by atoms with van der Waals surface area (Å²) in [5, 5.41) is 7.31. The summed E-state index contributed by atoms with van der Waals surface area (Å²) in [4.78, 5) is 22.2. The summed E-state index contributed by atoms with van der Waals surface area (Å²) in [7, 11) is 0. The molecule has 0 aliphatic carbocycles. The van der Waals surface area contributed by atoms with Crippen LogP contribution in [0.3, 0.4) is 0 Å². The highest BCUT2D eigenvalue weighted by atomic mass is 16.2. The van der Waals surface area contributed by atoms with Crippen molar-refractivity contribution in [2.24, 2.45) is 10.2 Å². The zero-order chi connectivity index (χ0) is 12.2. The van der Waals surface area contributed by atoms with E-state index in [0.717, 1.165) is 12.8 Å². The molecule has 0 aliphatic heterocycles. The molecule has 90 valence electrons. The highest BCUT2D eigenvalue weighted by molar-refractivity contribution is 5.84. The molecule has 0 aromatic rings. The lowest BCUT2D eigenvalue weighted by Gasteiger charge is -1.99. The summed E-state index contributed by atoms with van der Waals surface area (Å²) in [6.07, 6.45) is 4.90. The monoisotopic (exact) mass is 226 g/mol. The quantitative estimate of drug-likeness (QED) is 0.497. The van der Waals surface area contributed by atoms with E-state index in [2.05, 4.69) is 21.1 Å². The summed E-state index contributed by atoms with van der Waals surface area (Å²) in [5.41, 5.74) is 4.64. The summed E-state index contributed by atoms with van der Waals surface area (Å²) in [6, 6.07) is 0. The van der Waals surface area contributed by atoms with Crippen molar-refractivity contribution in [1.29, 1.82) is 0 Å². The molecule has 0 saturated heterocycles. The largest absolute Gasteiger partial charge is 0.273 e. The zero-order valence-electron chi connectivity index (χ0n) is 9.69. The van der Waals surface area contributed by atoms with Crippen LogP contribution in [0.4, 0.5) is 0 Å². The lowest BCUT2D eigenvalue weighted by Crippen LogP contribution is -2.22. The molecule has 0 aromatic heterocycles. The van der Waals surface area contributed by atoms with Crippen LogP contribution < -0.4 is 10.9 Å². The SMILES string of the molecule is CCC=NNC(=O)CCC(=O)NN=CCC. The van der Waals surface area contributed by atoms with E-state index in [1.165, 1.54) is 0 Å². The van der Waals surface area contributed by atoms with Crippen LogP contribution in [0.2, 0.25) is 0 Å². The van der Waals surface area contributed by atoms with Gasteiger partial charge in [0.05, 0.1) is 0 Å². The van der Waals surface area contributed by atoms with Gasteiger partial charge >= 0.3 is 0 Å². The predicted molar refractivity (Wildman–Crippen MR) is 63.1 cm³/mol. The van der Waals surface area contributed by atoms with E-state index in [4.69, 9.17) is 0 Å². The van der Waals surface area contributed by atoms with Crippen molar-refractivity contribution < 1.29 is 9.59 Å². The van der Waals surface area contributed by atoms with Gasteiger partial charge in [-0.1, -0.05) is 13.8 Å². The highest BCUT2D eigenvalue weighted by Crippen LogP contribution is 1.89. The average Bonchev–Trinajstić information content (AvgIpc) is 2.27. The molecule has 0 fully saturated rings. The van der Waals surface area contributed by atoms with Crippen LogP contribution >= 0.6 is 0 Å². The van der Waals surface area contributed by atoms with Gasteiger partial charge in [0, 0.05) is 25.3 Å². The number of hydrogen-bond acceptors (Lipinski definition) is 4. The second-order valence-electron chi connectivity index (χ2n) is 3.01. The molecule has 0 saturated carbocycles. The molecule has 0 rings (SSSR count). The van der Waals surface area contributed by atoms with Gasteiger partial charge in [-0.05, 0) is 12.8 Å². The van der Waals surface area contributed by atoms with Crippen LogP contribution in [0.15, 0.2) is 10.2 Å². The first-order chi connectivity index (χ1) is 7.70.